The Balaban J connectivity index is 1.66. The fourth-order valence-corrected chi connectivity index (χ4v) is 2.73. The van der Waals surface area contributed by atoms with Crippen LogP contribution in [0.3, 0.4) is 0 Å². The topological polar surface area (TPSA) is 41.6 Å². The number of piperidine rings is 1. The smallest absolute Gasteiger partial charge is 0.222 e. The molecule has 1 unspecified atom stereocenters. The summed E-state index contributed by atoms with van der Waals surface area (Å²) in [6.07, 6.45) is 6.37. The number of nitrogens with zero attached hydrogens (tertiary/aromatic N) is 1. The molecule has 4 heteroatoms. The molecule has 2 aliphatic heterocycles. The first-order chi connectivity index (χ1) is 8.29. The molecule has 2 fully saturated rings. The van der Waals surface area contributed by atoms with E-state index in [4.69, 9.17) is 4.74 Å². The minimum atomic E-state index is 0.315. The zero-order valence-corrected chi connectivity index (χ0v) is 10.8. The van der Waals surface area contributed by atoms with E-state index in [-0.39, 0.29) is 0 Å². The molecule has 0 aliphatic carbocycles. The molecule has 1 amide bonds. The van der Waals surface area contributed by atoms with E-state index in [0.717, 1.165) is 51.8 Å². The number of nitrogens with one attached hydrogen (secondary N) is 1. The van der Waals surface area contributed by atoms with E-state index in [1.165, 1.54) is 0 Å². The fraction of sp³-hybridized carbons (Fsp3) is 0.923. The van der Waals surface area contributed by atoms with Crippen LogP contribution in [-0.2, 0) is 9.53 Å². The minimum Gasteiger partial charge on any atom is -0.378 e. The second-order valence-corrected chi connectivity index (χ2v) is 5.12. The number of ether oxygens (including phenoxy) is 1. The van der Waals surface area contributed by atoms with Crippen LogP contribution in [-0.4, -0.2) is 49.7 Å². The van der Waals surface area contributed by atoms with Gasteiger partial charge in [0.25, 0.3) is 0 Å². The molecular formula is C13H24N2O2. The summed E-state index contributed by atoms with van der Waals surface area (Å²) in [6, 6.07) is 0.595. The monoisotopic (exact) mass is 240 g/mol. The molecule has 2 saturated heterocycles. The lowest BCUT2D eigenvalue weighted by atomic mass is 10.0. The zero-order valence-electron chi connectivity index (χ0n) is 10.8. The second kappa shape index (κ2) is 6.36. The summed E-state index contributed by atoms with van der Waals surface area (Å²) in [4.78, 5) is 14.0. The maximum absolute atomic E-state index is 12.0. The van der Waals surface area contributed by atoms with Gasteiger partial charge in [-0.15, -0.1) is 0 Å². The third-order valence-electron chi connectivity index (χ3n) is 3.96. The van der Waals surface area contributed by atoms with Crippen LogP contribution in [0.1, 0.15) is 38.5 Å². The van der Waals surface area contributed by atoms with Crippen LogP contribution >= 0.6 is 0 Å². The molecule has 1 atom stereocenters. The minimum absolute atomic E-state index is 0.315. The van der Waals surface area contributed by atoms with Crippen molar-refractivity contribution in [3.8, 4) is 0 Å². The first-order valence-corrected chi connectivity index (χ1v) is 6.86. The predicted octanol–water partition coefficient (Wildman–Crippen LogP) is 1.16. The van der Waals surface area contributed by atoms with Crippen molar-refractivity contribution >= 4 is 5.91 Å². The average molecular weight is 240 g/mol. The van der Waals surface area contributed by atoms with Crippen LogP contribution < -0.4 is 5.32 Å². The Labute approximate surface area is 104 Å². The Bertz CT molecular complexity index is 244. The lowest BCUT2D eigenvalue weighted by Gasteiger charge is -2.32. The molecule has 17 heavy (non-hydrogen) atoms. The van der Waals surface area contributed by atoms with Gasteiger partial charge in [-0.05, 0) is 39.2 Å². The molecule has 2 heterocycles. The lowest BCUT2D eigenvalue weighted by Crippen LogP contribution is -2.44. The van der Waals surface area contributed by atoms with Crippen molar-refractivity contribution in [1.82, 2.24) is 10.2 Å². The van der Waals surface area contributed by atoms with Gasteiger partial charge in [-0.25, -0.2) is 0 Å². The van der Waals surface area contributed by atoms with Crippen molar-refractivity contribution < 1.29 is 9.53 Å². The van der Waals surface area contributed by atoms with Crippen LogP contribution in [0.25, 0.3) is 0 Å². The van der Waals surface area contributed by atoms with Gasteiger partial charge in [-0.3, -0.25) is 4.79 Å². The van der Waals surface area contributed by atoms with E-state index in [0.29, 0.717) is 24.5 Å². The molecule has 0 saturated carbocycles. The Morgan fingerprint density at radius 1 is 1.35 bits per heavy atom. The number of rotatable bonds is 4. The Morgan fingerprint density at radius 3 is 2.71 bits per heavy atom. The number of hydrogen-bond acceptors (Lipinski definition) is 3. The van der Waals surface area contributed by atoms with Crippen molar-refractivity contribution in [3.05, 3.63) is 0 Å². The summed E-state index contributed by atoms with van der Waals surface area (Å²) >= 11 is 0. The van der Waals surface area contributed by atoms with Crippen LogP contribution in [0.4, 0.5) is 0 Å². The van der Waals surface area contributed by atoms with Crippen molar-refractivity contribution in [1.29, 1.82) is 0 Å². The highest BCUT2D eigenvalue weighted by Crippen LogP contribution is 2.18. The highest BCUT2D eigenvalue weighted by atomic mass is 16.5. The lowest BCUT2D eigenvalue weighted by molar-refractivity contribution is -0.132. The molecule has 2 rings (SSSR count). The molecule has 0 aromatic heterocycles. The molecule has 0 aromatic rings. The van der Waals surface area contributed by atoms with E-state index in [9.17, 15) is 4.79 Å². The average Bonchev–Trinajstić information content (AvgIpc) is 2.89. The van der Waals surface area contributed by atoms with Gasteiger partial charge in [-0.2, -0.15) is 0 Å². The van der Waals surface area contributed by atoms with Gasteiger partial charge >= 0.3 is 0 Å². The fourth-order valence-electron chi connectivity index (χ4n) is 2.73. The number of hydrogen-bond donors (Lipinski definition) is 1. The standard InChI is InChI=1S/C13H24N2O2/c1-14-11-6-8-15(9-7-11)13(16)5-4-12-3-2-10-17-12/h11-12,14H,2-10H2,1H3. The van der Waals surface area contributed by atoms with Crippen LogP contribution in [0.5, 0.6) is 0 Å². The highest BCUT2D eigenvalue weighted by molar-refractivity contribution is 5.76. The Hall–Kier alpha value is -0.610. The molecule has 0 radical (unpaired) electrons. The summed E-state index contributed by atoms with van der Waals surface area (Å²) in [6.45, 7) is 2.71. The third-order valence-corrected chi connectivity index (χ3v) is 3.96. The molecule has 0 spiro atoms. The summed E-state index contributed by atoms with van der Waals surface area (Å²) in [5.41, 5.74) is 0. The van der Waals surface area contributed by atoms with E-state index < -0.39 is 0 Å². The molecule has 0 bridgehead atoms. The normalized spacial score (nSPS) is 26.4. The van der Waals surface area contributed by atoms with Gasteiger partial charge in [0.2, 0.25) is 5.91 Å². The summed E-state index contributed by atoms with van der Waals surface area (Å²) in [5.74, 6) is 0.315. The van der Waals surface area contributed by atoms with Gasteiger partial charge in [-0.1, -0.05) is 0 Å². The van der Waals surface area contributed by atoms with Crippen molar-refractivity contribution in [2.24, 2.45) is 0 Å². The SMILES string of the molecule is CNC1CCN(C(=O)CCC2CCCO2)CC1. The Kier molecular flexibility index (Phi) is 4.80. The van der Waals surface area contributed by atoms with E-state index in [1.54, 1.807) is 0 Å². The van der Waals surface area contributed by atoms with E-state index in [1.807, 2.05) is 11.9 Å². The molecule has 98 valence electrons. The first-order valence-electron chi connectivity index (χ1n) is 6.86. The summed E-state index contributed by atoms with van der Waals surface area (Å²) in [7, 11) is 2.00. The number of amides is 1. The van der Waals surface area contributed by atoms with Gasteiger partial charge in [0.15, 0.2) is 0 Å². The molecule has 1 N–H and O–H groups in total. The number of carbonyl (C=O) groups excluding carboxylic acids is 1. The van der Waals surface area contributed by atoms with Crippen molar-refractivity contribution in [2.75, 3.05) is 26.7 Å². The van der Waals surface area contributed by atoms with Gasteiger partial charge in [0.1, 0.15) is 0 Å². The van der Waals surface area contributed by atoms with Crippen LogP contribution in [0.2, 0.25) is 0 Å². The van der Waals surface area contributed by atoms with Gasteiger partial charge < -0.3 is 15.0 Å². The van der Waals surface area contributed by atoms with Gasteiger partial charge in [0.05, 0.1) is 6.10 Å². The molecule has 4 nitrogen and oxygen atoms in total. The van der Waals surface area contributed by atoms with E-state index in [2.05, 4.69) is 5.32 Å². The van der Waals surface area contributed by atoms with Crippen molar-refractivity contribution in [2.45, 2.75) is 50.7 Å². The number of carbonyl (C=O) groups is 1. The molecule has 2 aliphatic rings. The largest absolute Gasteiger partial charge is 0.378 e. The Morgan fingerprint density at radius 2 is 2.12 bits per heavy atom. The van der Waals surface area contributed by atoms with Crippen LogP contribution in [0.15, 0.2) is 0 Å². The molecular weight excluding hydrogens is 216 g/mol. The summed E-state index contributed by atoms with van der Waals surface area (Å²) in [5, 5.41) is 3.28. The zero-order chi connectivity index (χ0) is 12.1. The highest BCUT2D eigenvalue weighted by Gasteiger charge is 2.23. The third kappa shape index (κ3) is 3.68. The van der Waals surface area contributed by atoms with Crippen molar-refractivity contribution in [3.63, 3.8) is 0 Å². The van der Waals surface area contributed by atoms with Gasteiger partial charge in [0, 0.05) is 32.2 Å². The maximum Gasteiger partial charge on any atom is 0.222 e. The van der Waals surface area contributed by atoms with Crippen LogP contribution in [0, 0.1) is 0 Å². The number of likely N-dealkylation sites (tertiary alicyclic amines) is 1. The second-order valence-electron chi connectivity index (χ2n) is 5.12. The predicted molar refractivity (Wildman–Crippen MR) is 66.9 cm³/mol. The quantitative estimate of drug-likeness (QED) is 0.801. The molecule has 0 aromatic carbocycles. The summed E-state index contributed by atoms with van der Waals surface area (Å²) < 4.78 is 5.54. The van der Waals surface area contributed by atoms with E-state index >= 15 is 0 Å². The maximum atomic E-state index is 12.0. The first kappa shape index (κ1) is 12.8.